The third kappa shape index (κ3) is 4.76. The number of nitrogens with one attached hydrogen (secondary N) is 1. The number of anilines is 1. The van der Waals surface area contributed by atoms with Crippen molar-refractivity contribution in [3.8, 4) is 10.7 Å². The van der Waals surface area contributed by atoms with E-state index >= 15 is 0 Å². The SMILES string of the molecule is COC1(c2nc3c(N4CCC5(CC4)CO[C@@H](C)C5O)cc(S(=O)(=O)NC4(CF)CC4)cn3c2-c2nnc(C(F)F)s2)CC1. The molecule has 11 nitrogen and oxygen atoms in total. The number of hydrogen-bond acceptors (Lipinski definition) is 10. The molecule has 2 N–H and O–H groups in total. The molecule has 1 spiro atoms. The first-order valence-electron chi connectivity index (χ1n) is 14.3. The summed E-state index contributed by atoms with van der Waals surface area (Å²) in [7, 11) is -2.64. The lowest BCUT2D eigenvalue weighted by Crippen LogP contribution is -2.47. The average molecular weight is 643 g/mol. The molecule has 43 heavy (non-hydrogen) atoms. The summed E-state index contributed by atoms with van der Waals surface area (Å²) >= 11 is 0.715. The molecule has 2 aliphatic carbocycles. The van der Waals surface area contributed by atoms with Crippen LogP contribution in [0.3, 0.4) is 0 Å². The van der Waals surface area contributed by atoms with Crippen LogP contribution < -0.4 is 9.62 Å². The summed E-state index contributed by atoms with van der Waals surface area (Å²) in [5.41, 5.74) is -0.544. The van der Waals surface area contributed by atoms with E-state index < -0.39 is 50.8 Å². The molecule has 1 unspecified atom stereocenters. The summed E-state index contributed by atoms with van der Waals surface area (Å²) in [5, 5.41) is 18.3. The molecule has 0 amide bonds. The Morgan fingerprint density at radius 1 is 1.21 bits per heavy atom. The van der Waals surface area contributed by atoms with Crippen molar-refractivity contribution < 1.29 is 36.2 Å². The first-order valence-corrected chi connectivity index (χ1v) is 16.6. The van der Waals surface area contributed by atoms with Gasteiger partial charge in [-0.2, -0.15) is 0 Å². The van der Waals surface area contributed by atoms with Crippen LogP contribution in [0.5, 0.6) is 0 Å². The van der Waals surface area contributed by atoms with Gasteiger partial charge in [-0.25, -0.2) is 31.3 Å². The van der Waals surface area contributed by atoms with Crippen LogP contribution in [-0.2, 0) is 25.1 Å². The van der Waals surface area contributed by atoms with Crippen LogP contribution in [0, 0.1) is 5.41 Å². The zero-order chi connectivity index (χ0) is 30.4. The highest BCUT2D eigenvalue weighted by Crippen LogP contribution is 2.53. The van der Waals surface area contributed by atoms with Crippen molar-refractivity contribution in [2.24, 2.45) is 5.41 Å². The maximum absolute atomic E-state index is 13.8. The Balaban J connectivity index is 1.39. The Kier molecular flexibility index (Phi) is 6.87. The largest absolute Gasteiger partial charge is 0.390 e. The third-order valence-electron chi connectivity index (χ3n) is 9.61. The van der Waals surface area contributed by atoms with Crippen LogP contribution in [0.1, 0.15) is 62.6 Å². The normalized spacial score (nSPS) is 25.7. The van der Waals surface area contributed by atoms with Gasteiger partial charge in [0.05, 0.1) is 30.0 Å². The average Bonchev–Trinajstić information content (AvgIpc) is 3.83. The second-order valence-electron chi connectivity index (χ2n) is 12.3. The minimum absolute atomic E-state index is 0.112. The second kappa shape index (κ2) is 10.1. The van der Waals surface area contributed by atoms with Gasteiger partial charge in [-0.1, -0.05) is 11.3 Å². The fraction of sp³-hybridized carbons (Fsp3) is 0.667. The van der Waals surface area contributed by atoms with Crippen LogP contribution in [-0.4, -0.2) is 84.3 Å². The van der Waals surface area contributed by atoms with Gasteiger partial charge in [0.15, 0.2) is 15.7 Å². The predicted molar refractivity (Wildman–Crippen MR) is 151 cm³/mol. The standard InChI is InChI=1S/C27H33F3N6O5S2/c1-15-20(37)25(14-41-15)7-9-35(10-8-25)17-11-16(43(38,39)34-26(13-28)3-4-26)12-36-18(23-32-33-24(42-23)21(29)30)19(31-22(17)36)27(40-2)5-6-27/h11-12,15,20-21,34,37H,3-10,13-14H2,1-2H3/t15-,20?/m0/s1. The monoisotopic (exact) mass is 642 g/mol. The molecule has 4 fully saturated rings. The molecule has 2 saturated carbocycles. The fourth-order valence-corrected chi connectivity index (χ4v) is 8.64. The third-order valence-corrected chi connectivity index (χ3v) is 12.1. The van der Waals surface area contributed by atoms with Gasteiger partial charge in [-0.05, 0) is 51.5 Å². The lowest BCUT2D eigenvalue weighted by atomic mass is 9.74. The maximum atomic E-state index is 13.8. The van der Waals surface area contributed by atoms with Crippen LogP contribution >= 0.6 is 11.3 Å². The summed E-state index contributed by atoms with van der Waals surface area (Å²) in [6.07, 6.45) is 0.989. The molecule has 5 heterocycles. The Bertz CT molecular complexity index is 1660. The number of pyridine rings is 1. The van der Waals surface area contributed by atoms with E-state index in [-0.39, 0.29) is 16.0 Å². The predicted octanol–water partition coefficient (Wildman–Crippen LogP) is 3.57. The molecule has 0 radical (unpaired) electrons. The number of alkyl halides is 3. The molecule has 3 aromatic rings. The number of piperidine rings is 1. The van der Waals surface area contributed by atoms with Crippen molar-refractivity contribution in [2.75, 3.05) is 38.4 Å². The summed E-state index contributed by atoms with van der Waals surface area (Å²) < 4.78 is 84.0. The Hall–Kier alpha value is -2.37. The van der Waals surface area contributed by atoms with Gasteiger partial charge >= 0.3 is 0 Å². The van der Waals surface area contributed by atoms with Crippen molar-refractivity contribution in [3.05, 3.63) is 23.0 Å². The van der Waals surface area contributed by atoms with E-state index in [9.17, 15) is 26.7 Å². The van der Waals surface area contributed by atoms with E-state index in [1.807, 2.05) is 11.8 Å². The molecule has 3 aromatic heterocycles. The minimum atomic E-state index is -4.19. The van der Waals surface area contributed by atoms with E-state index in [0.717, 1.165) is 0 Å². The fourth-order valence-electron chi connectivity index (χ4n) is 6.44. The molecule has 0 bridgehead atoms. The van der Waals surface area contributed by atoms with Gasteiger partial charge in [0.2, 0.25) is 10.0 Å². The van der Waals surface area contributed by atoms with Crippen molar-refractivity contribution in [1.82, 2.24) is 24.3 Å². The highest BCUT2D eigenvalue weighted by molar-refractivity contribution is 7.89. The molecule has 2 saturated heterocycles. The number of hydrogen-bond donors (Lipinski definition) is 2. The molecule has 4 aliphatic rings. The second-order valence-corrected chi connectivity index (χ2v) is 15.0. The number of aliphatic hydroxyl groups excluding tert-OH is 1. The Morgan fingerprint density at radius 3 is 2.47 bits per heavy atom. The molecule has 16 heteroatoms. The number of sulfonamides is 1. The first kappa shape index (κ1) is 29.3. The minimum Gasteiger partial charge on any atom is -0.390 e. The van der Waals surface area contributed by atoms with Crippen LogP contribution in [0.4, 0.5) is 18.9 Å². The number of rotatable bonds is 9. The number of aliphatic hydroxyl groups is 1. The topological polar surface area (TPSA) is 131 Å². The van der Waals surface area contributed by atoms with Gasteiger partial charge < -0.3 is 19.5 Å². The summed E-state index contributed by atoms with van der Waals surface area (Å²) in [4.78, 5) is 6.87. The van der Waals surface area contributed by atoms with Gasteiger partial charge in [0.1, 0.15) is 28.6 Å². The van der Waals surface area contributed by atoms with E-state index in [1.165, 1.54) is 12.3 Å². The van der Waals surface area contributed by atoms with Crippen molar-refractivity contribution in [3.63, 3.8) is 0 Å². The van der Waals surface area contributed by atoms with E-state index in [1.54, 1.807) is 11.5 Å². The number of fused-ring (bicyclic) bond motifs is 1. The van der Waals surface area contributed by atoms with Crippen LogP contribution in [0.15, 0.2) is 17.2 Å². The lowest BCUT2D eigenvalue weighted by molar-refractivity contribution is 0.0250. The van der Waals surface area contributed by atoms with Crippen LogP contribution in [0.25, 0.3) is 16.3 Å². The molecule has 234 valence electrons. The molecule has 2 aliphatic heterocycles. The summed E-state index contributed by atoms with van der Waals surface area (Å²) in [6, 6.07) is 1.53. The summed E-state index contributed by atoms with van der Waals surface area (Å²) in [6.45, 7) is 2.46. The van der Waals surface area contributed by atoms with Gasteiger partial charge in [-0.3, -0.25) is 4.40 Å². The van der Waals surface area contributed by atoms with Gasteiger partial charge in [0, 0.05) is 31.8 Å². The first-order chi connectivity index (χ1) is 20.5. The number of halogens is 3. The van der Waals surface area contributed by atoms with Gasteiger partial charge in [-0.15, -0.1) is 10.2 Å². The van der Waals surface area contributed by atoms with Crippen LogP contribution in [0.2, 0.25) is 0 Å². The Labute approximate surface area is 250 Å². The molecular formula is C27H33F3N6O5S2. The zero-order valence-corrected chi connectivity index (χ0v) is 25.4. The quantitative estimate of drug-likeness (QED) is 0.360. The Morgan fingerprint density at radius 2 is 1.93 bits per heavy atom. The summed E-state index contributed by atoms with van der Waals surface area (Å²) in [5.74, 6) is 0. The smallest absolute Gasteiger partial charge is 0.291 e. The van der Waals surface area contributed by atoms with E-state index in [2.05, 4.69) is 14.9 Å². The number of methoxy groups -OCH3 is 1. The van der Waals surface area contributed by atoms with Crippen molar-refractivity contribution >= 4 is 32.7 Å². The van der Waals surface area contributed by atoms with Gasteiger partial charge in [0.25, 0.3) is 6.43 Å². The molecular weight excluding hydrogens is 609 g/mol. The highest BCUT2D eigenvalue weighted by Gasteiger charge is 2.52. The van der Waals surface area contributed by atoms with Crippen molar-refractivity contribution in [1.29, 1.82) is 0 Å². The molecule has 7 rings (SSSR count). The molecule has 0 aromatic carbocycles. The number of imidazole rings is 1. The lowest BCUT2D eigenvalue weighted by Gasteiger charge is -2.41. The number of ether oxygens (including phenoxy) is 2. The highest BCUT2D eigenvalue weighted by atomic mass is 32.2. The maximum Gasteiger partial charge on any atom is 0.291 e. The van der Waals surface area contributed by atoms with E-state index in [0.29, 0.717) is 92.3 Å². The van der Waals surface area contributed by atoms with Crippen molar-refractivity contribution in [2.45, 2.75) is 80.1 Å². The molecule has 2 atom stereocenters. The number of aromatic nitrogens is 4. The van der Waals surface area contributed by atoms with E-state index in [4.69, 9.17) is 14.5 Å². The zero-order valence-electron chi connectivity index (χ0n) is 23.7. The number of nitrogens with zero attached hydrogens (tertiary/aromatic N) is 5.